The van der Waals surface area contributed by atoms with Crippen LogP contribution in [0, 0.1) is 0 Å². The van der Waals surface area contributed by atoms with Crippen molar-refractivity contribution in [2.24, 2.45) is 7.05 Å². The lowest BCUT2D eigenvalue weighted by Gasteiger charge is -2.23. The lowest BCUT2D eigenvalue weighted by atomic mass is 9.97. The third-order valence-corrected chi connectivity index (χ3v) is 5.03. The largest absolute Gasteiger partial charge is 0.490 e. The number of alkyl halides is 3. The molecule has 2 aromatic rings. The van der Waals surface area contributed by atoms with Gasteiger partial charge in [0.25, 0.3) is 0 Å². The van der Waals surface area contributed by atoms with Gasteiger partial charge in [-0.1, -0.05) is 0 Å². The number of ether oxygens (including phenoxy) is 1. The van der Waals surface area contributed by atoms with Crippen LogP contribution in [0.3, 0.4) is 0 Å². The molecule has 4 heterocycles. The second kappa shape index (κ2) is 8.96. The van der Waals surface area contributed by atoms with E-state index in [0.29, 0.717) is 12.6 Å². The van der Waals surface area contributed by atoms with Crippen molar-refractivity contribution in [3.63, 3.8) is 0 Å². The molecule has 30 heavy (non-hydrogen) atoms. The maximum absolute atomic E-state index is 10.6. The molecule has 2 saturated heterocycles. The summed E-state index contributed by atoms with van der Waals surface area (Å²) in [5.74, 6) is -0.971. The van der Waals surface area contributed by atoms with Gasteiger partial charge in [-0.25, -0.2) is 19.7 Å². The molecule has 9 nitrogen and oxygen atoms in total. The van der Waals surface area contributed by atoms with Crippen molar-refractivity contribution in [3.05, 3.63) is 36.7 Å². The van der Waals surface area contributed by atoms with Gasteiger partial charge in [0, 0.05) is 51.3 Å². The maximum Gasteiger partial charge on any atom is 0.490 e. The summed E-state index contributed by atoms with van der Waals surface area (Å²) >= 11 is 0. The number of aryl methyl sites for hydroxylation is 1. The first-order valence-corrected chi connectivity index (χ1v) is 9.33. The van der Waals surface area contributed by atoms with Gasteiger partial charge < -0.3 is 19.7 Å². The molecule has 2 aliphatic rings. The number of hydrogen-bond donors (Lipinski definition) is 2. The molecule has 2 atom stereocenters. The molecule has 0 amide bonds. The molecule has 4 rings (SSSR count). The van der Waals surface area contributed by atoms with Crippen molar-refractivity contribution in [3.8, 4) is 0 Å². The summed E-state index contributed by atoms with van der Waals surface area (Å²) in [7, 11) is 2.04. The molecule has 2 aliphatic heterocycles. The van der Waals surface area contributed by atoms with E-state index in [0.717, 1.165) is 38.3 Å². The number of carbonyl (C=O) groups is 1. The second-order valence-corrected chi connectivity index (χ2v) is 7.33. The first-order chi connectivity index (χ1) is 14.2. The number of hydrogen-bond acceptors (Lipinski definition) is 7. The Bertz CT molecular complexity index is 847. The molecular weight excluding hydrogens is 405 g/mol. The Morgan fingerprint density at radius 2 is 2.03 bits per heavy atom. The third kappa shape index (κ3) is 5.66. The van der Waals surface area contributed by atoms with Crippen LogP contribution in [0.4, 0.5) is 19.1 Å². The van der Waals surface area contributed by atoms with Gasteiger partial charge in [0.05, 0.1) is 24.8 Å². The van der Waals surface area contributed by atoms with Crippen molar-refractivity contribution < 1.29 is 27.8 Å². The Kier molecular flexibility index (Phi) is 6.56. The fourth-order valence-corrected chi connectivity index (χ4v) is 3.59. The molecule has 0 bridgehead atoms. The van der Waals surface area contributed by atoms with Crippen LogP contribution in [0.1, 0.15) is 18.7 Å². The normalized spacial score (nSPS) is 23.9. The van der Waals surface area contributed by atoms with E-state index >= 15 is 0 Å². The summed E-state index contributed by atoms with van der Waals surface area (Å²) in [4.78, 5) is 24.2. The zero-order valence-corrected chi connectivity index (χ0v) is 16.3. The number of halogens is 3. The highest BCUT2D eigenvalue weighted by atomic mass is 19.4. The maximum atomic E-state index is 10.6. The lowest BCUT2D eigenvalue weighted by Crippen LogP contribution is -2.33. The van der Waals surface area contributed by atoms with Crippen molar-refractivity contribution in [1.82, 2.24) is 24.4 Å². The van der Waals surface area contributed by atoms with E-state index in [9.17, 15) is 13.2 Å². The summed E-state index contributed by atoms with van der Waals surface area (Å²) in [5.41, 5.74) is -0.0301. The summed E-state index contributed by atoms with van der Waals surface area (Å²) in [6.45, 7) is 3.62. The summed E-state index contributed by atoms with van der Waals surface area (Å²) in [6, 6.07) is 2.11. The number of aliphatic carboxylic acids is 1. The Balaban J connectivity index is 0.000000318. The number of aromatic nitrogens is 4. The van der Waals surface area contributed by atoms with Crippen LogP contribution in [0.5, 0.6) is 0 Å². The van der Waals surface area contributed by atoms with Gasteiger partial charge in [0.15, 0.2) is 0 Å². The molecule has 2 aromatic heterocycles. The predicted molar refractivity (Wildman–Crippen MR) is 99.5 cm³/mol. The second-order valence-electron chi connectivity index (χ2n) is 7.33. The van der Waals surface area contributed by atoms with E-state index in [1.165, 1.54) is 0 Å². The number of carboxylic acids is 1. The van der Waals surface area contributed by atoms with E-state index in [2.05, 4.69) is 29.7 Å². The van der Waals surface area contributed by atoms with Gasteiger partial charge in [0.2, 0.25) is 5.95 Å². The molecule has 2 N–H and O–H groups in total. The SMILES string of the molecule is Cn1ccnc1CN1CCC2(CC(Nc3ncccn3)CO2)C1.O=C(O)C(F)(F)F. The van der Waals surface area contributed by atoms with Gasteiger partial charge in [0.1, 0.15) is 5.82 Å². The molecule has 12 heteroatoms. The highest BCUT2D eigenvalue weighted by Crippen LogP contribution is 2.36. The van der Waals surface area contributed by atoms with Crippen molar-refractivity contribution in [2.45, 2.75) is 37.2 Å². The number of nitrogens with zero attached hydrogens (tertiary/aromatic N) is 5. The quantitative estimate of drug-likeness (QED) is 0.758. The van der Waals surface area contributed by atoms with E-state index in [1.54, 1.807) is 12.4 Å². The van der Waals surface area contributed by atoms with Gasteiger partial charge >= 0.3 is 12.1 Å². The van der Waals surface area contributed by atoms with Crippen molar-refractivity contribution in [2.75, 3.05) is 25.0 Å². The summed E-state index contributed by atoms with van der Waals surface area (Å²) in [6.07, 6.45) is 4.35. The van der Waals surface area contributed by atoms with Gasteiger partial charge in [-0.2, -0.15) is 13.2 Å². The van der Waals surface area contributed by atoms with Crippen LogP contribution < -0.4 is 5.32 Å². The standard InChI is InChI=1S/C16H22N6O.C2HF3O2/c1-21-8-6-17-14(21)10-22-7-3-16(12-22)9-13(11-23-16)20-15-18-4-2-5-19-15;3-2(4,5)1(6)7/h2,4-6,8,13H,3,7,9-12H2,1H3,(H,18,19,20);(H,6,7). The highest BCUT2D eigenvalue weighted by molar-refractivity contribution is 5.73. The summed E-state index contributed by atoms with van der Waals surface area (Å²) in [5, 5.41) is 10.5. The minimum atomic E-state index is -5.08. The molecule has 0 aromatic carbocycles. The van der Waals surface area contributed by atoms with Crippen LogP contribution in [0.15, 0.2) is 30.9 Å². The van der Waals surface area contributed by atoms with Crippen LogP contribution >= 0.6 is 0 Å². The monoisotopic (exact) mass is 428 g/mol. The van der Waals surface area contributed by atoms with Gasteiger partial charge in [-0.05, 0) is 12.5 Å². The van der Waals surface area contributed by atoms with Crippen molar-refractivity contribution in [1.29, 1.82) is 0 Å². The van der Waals surface area contributed by atoms with Crippen LogP contribution in [0.25, 0.3) is 0 Å². The average Bonchev–Trinajstić information content (AvgIpc) is 3.39. The Morgan fingerprint density at radius 3 is 2.63 bits per heavy atom. The number of anilines is 1. The predicted octanol–water partition coefficient (Wildman–Crippen LogP) is 1.69. The molecule has 0 saturated carbocycles. The Labute approximate surface area is 170 Å². The highest BCUT2D eigenvalue weighted by Gasteiger charge is 2.45. The first kappa shape index (κ1) is 22.0. The zero-order valence-electron chi connectivity index (χ0n) is 16.3. The minimum absolute atomic E-state index is 0.0301. The van der Waals surface area contributed by atoms with E-state index in [1.807, 2.05) is 25.5 Å². The average molecular weight is 428 g/mol. The zero-order chi connectivity index (χ0) is 21.8. The third-order valence-electron chi connectivity index (χ3n) is 5.03. The number of imidazole rings is 1. The number of carboxylic acid groups (broad SMARTS) is 1. The number of likely N-dealkylation sites (tertiary alicyclic amines) is 1. The van der Waals surface area contributed by atoms with Crippen LogP contribution in [0.2, 0.25) is 0 Å². The van der Waals surface area contributed by atoms with Gasteiger partial charge in [-0.15, -0.1) is 0 Å². The lowest BCUT2D eigenvalue weighted by molar-refractivity contribution is -0.192. The molecule has 164 valence electrons. The van der Waals surface area contributed by atoms with Gasteiger partial charge in [-0.3, -0.25) is 4.90 Å². The Morgan fingerprint density at radius 1 is 1.33 bits per heavy atom. The molecular formula is C18H23F3N6O3. The fourth-order valence-electron chi connectivity index (χ4n) is 3.59. The van der Waals surface area contributed by atoms with E-state index < -0.39 is 12.1 Å². The van der Waals surface area contributed by atoms with Crippen LogP contribution in [-0.2, 0) is 23.1 Å². The molecule has 0 radical (unpaired) electrons. The topological polar surface area (TPSA) is 105 Å². The van der Waals surface area contributed by atoms with Crippen molar-refractivity contribution >= 4 is 11.9 Å². The molecule has 0 aliphatic carbocycles. The van der Waals surface area contributed by atoms with E-state index in [-0.39, 0.29) is 11.6 Å². The fraction of sp³-hybridized carbons (Fsp3) is 0.556. The summed E-state index contributed by atoms with van der Waals surface area (Å²) < 4.78 is 40.0. The first-order valence-electron chi connectivity index (χ1n) is 9.33. The van der Waals surface area contributed by atoms with Crippen LogP contribution in [-0.4, -0.2) is 73.0 Å². The van der Waals surface area contributed by atoms with E-state index in [4.69, 9.17) is 14.6 Å². The molecule has 2 unspecified atom stereocenters. The molecule has 1 spiro atoms. The number of rotatable bonds is 4. The Hall–Kier alpha value is -2.73. The molecule has 2 fully saturated rings. The number of nitrogens with one attached hydrogen (secondary N) is 1. The smallest absolute Gasteiger partial charge is 0.475 e. The minimum Gasteiger partial charge on any atom is -0.475 e.